The lowest BCUT2D eigenvalue weighted by Gasteiger charge is -2.21. The zero-order valence-corrected chi connectivity index (χ0v) is 25.3. The number of amides is 2. The number of carbonyl (C=O) groups is 4. The number of rotatable bonds is 11. The minimum atomic E-state index is -0.462. The number of nitrogens with one attached hydrogen (secondary N) is 1. The highest BCUT2D eigenvalue weighted by Crippen LogP contribution is 2.23. The maximum Gasteiger partial charge on any atom is 0.343 e. The third-order valence-corrected chi connectivity index (χ3v) is 7.02. The molecule has 8 nitrogen and oxygen atoms in total. The minimum absolute atomic E-state index is 0.0166. The van der Waals surface area contributed by atoms with E-state index in [2.05, 4.69) is 26.1 Å². The molecule has 0 fully saturated rings. The van der Waals surface area contributed by atoms with Gasteiger partial charge in [0.1, 0.15) is 17.8 Å². The number of aldehydes is 1. The van der Waals surface area contributed by atoms with Crippen molar-refractivity contribution in [2.24, 2.45) is 0 Å². The van der Waals surface area contributed by atoms with Crippen LogP contribution in [0.4, 0.5) is 5.69 Å². The molecule has 0 aliphatic rings. The predicted octanol–water partition coefficient (Wildman–Crippen LogP) is 6.23. The van der Waals surface area contributed by atoms with Crippen LogP contribution in [0, 0.1) is 0 Å². The number of benzene rings is 4. The Hall–Kier alpha value is -5.24. The fourth-order valence-electron chi connectivity index (χ4n) is 4.48. The summed E-state index contributed by atoms with van der Waals surface area (Å²) in [6.45, 7) is 6.40. The molecule has 0 bridgehead atoms. The van der Waals surface area contributed by atoms with E-state index in [1.807, 2.05) is 24.3 Å². The molecule has 0 spiro atoms. The van der Waals surface area contributed by atoms with Gasteiger partial charge < -0.3 is 24.5 Å². The summed E-state index contributed by atoms with van der Waals surface area (Å²) >= 11 is 0. The van der Waals surface area contributed by atoms with Crippen molar-refractivity contribution in [2.75, 3.05) is 19.0 Å². The van der Waals surface area contributed by atoms with Crippen LogP contribution in [-0.2, 0) is 28.0 Å². The summed E-state index contributed by atoms with van der Waals surface area (Å²) < 4.78 is 10.7. The summed E-state index contributed by atoms with van der Waals surface area (Å²) in [5.74, 6) is 0.105. The lowest BCUT2D eigenvalue weighted by Crippen LogP contribution is -2.32. The molecule has 0 heterocycles. The molecule has 0 saturated heterocycles. The van der Waals surface area contributed by atoms with Gasteiger partial charge in [-0.1, -0.05) is 57.2 Å². The second kappa shape index (κ2) is 14.3. The first-order chi connectivity index (χ1) is 21.0. The quantitative estimate of drug-likeness (QED) is 0.126. The van der Waals surface area contributed by atoms with Crippen LogP contribution in [0.3, 0.4) is 0 Å². The van der Waals surface area contributed by atoms with Crippen molar-refractivity contribution in [1.29, 1.82) is 0 Å². The van der Waals surface area contributed by atoms with Crippen LogP contribution < -0.4 is 14.8 Å². The summed E-state index contributed by atoms with van der Waals surface area (Å²) in [5.41, 5.74) is 4.09. The Morgan fingerprint density at radius 3 is 1.89 bits per heavy atom. The van der Waals surface area contributed by atoms with E-state index in [1.54, 1.807) is 79.9 Å². The Bertz CT molecular complexity index is 1590. The SMILES string of the molecule is COc1ccc(CC(=O)Nc2ccc(C(=O)N(CC=O)Cc3ccc(OC(=O)c4ccc(C(C)(C)C)cc4)cc3)cc2)cc1. The molecule has 44 heavy (non-hydrogen) atoms. The number of hydrogen-bond donors (Lipinski definition) is 1. The van der Waals surface area contributed by atoms with Crippen molar-refractivity contribution in [3.8, 4) is 11.5 Å². The van der Waals surface area contributed by atoms with Crippen LogP contribution in [0.1, 0.15) is 58.2 Å². The summed E-state index contributed by atoms with van der Waals surface area (Å²) in [4.78, 5) is 51.1. The van der Waals surface area contributed by atoms with E-state index in [4.69, 9.17) is 9.47 Å². The van der Waals surface area contributed by atoms with Gasteiger partial charge in [0.05, 0.1) is 25.6 Å². The minimum Gasteiger partial charge on any atom is -0.497 e. The summed E-state index contributed by atoms with van der Waals surface area (Å²) in [6.07, 6.45) is 0.868. The van der Waals surface area contributed by atoms with Gasteiger partial charge in [-0.25, -0.2) is 4.79 Å². The third-order valence-electron chi connectivity index (χ3n) is 7.02. The zero-order valence-electron chi connectivity index (χ0n) is 25.3. The molecule has 0 aliphatic heterocycles. The van der Waals surface area contributed by atoms with Gasteiger partial charge in [0.25, 0.3) is 5.91 Å². The second-order valence-corrected chi connectivity index (χ2v) is 11.4. The molecule has 0 aliphatic carbocycles. The molecular weight excluding hydrogens is 556 g/mol. The monoisotopic (exact) mass is 592 g/mol. The molecule has 4 aromatic carbocycles. The van der Waals surface area contributed by atoms with Gasteiger partial charge in [-0.15, -0.1) is 0 Å². The number of ether oxygens (including phenoxy) is 2. The lowest BCUT2D eigenvalue weighted by molar-refractivity contribution is -0.115. The lowest BCUT2D eigenvalue weighted by atomic mass is 9.87. The molecule has 8 heteroatoms. The van der Waals surface area contributed by atoms with E-state index in [9.17, 15) is 19.2 Å². The van der Waals surface area contributed by atoms with Gasteiger partial charge in [0.15, 0.2) is 0 Å². The van der Waals surface area contributed by atoms with Gasteiger partial charge >= 0.3 is 5.97 Å². The van der Waals surface area contributed by atoms with Crippen molar-refractivity contribution in [2.45, 2.75) is 39.2 Å². The van der Waals surface area contributed by atoms with Crippen molar-refractivity contribution in [3.63, 3.8) is 0 Å². The van der Waals surface area contributed by atoms with Crippen molar-refractivity contribution >= 4 is 29.8 Å². The summed E-state index contributed by atoms with van der Waals surface area (Å²) in [6, 6.07) is 27.9. The Morgan fingerprint density at radius 2 is 1.32 bits per heavy atom. The number of carbonyl (C=O) groups excluding carboxylic acids is 4. The molecule has 4 rings (SSSR count). The Balaban J connectivity index is 1.33. The average molecular weight is 593 g/mol. The van der Waals surface area contributed by atoms with Crippen LogP contribution in [0.2, 0.25) is 0 Å². The van der Waals surface area contributed by atoms with Crippen molar-refractivity contribution in [1.82, 2.24) is 4.90 Å². The zero-order chi connectivity index (χ0) is 31.7. The van der Waals surface area contributed by atoms with Crippen molar-refractivity contribution in [3.05, 3.63) is 125 Å². The number of nitrogens with zero attached hydrogens (tertiary/aromatic N) is 1. The molecule has 0 saturated carbocycles. The first-order valence-corrected chi connectivity index (χ1v) is 14.2. The Kier molecular flexibility index (Phi) is 10.3. The summed E-state index contributed by atoms with van der Waals surface area (Å²) in [5, 5.41) is 2.83. The molecule has 2 amide bonds. The fraction of sp³-hybridized carbons (Fsp3) is 0.222. The molecule has 0 atom stereocenters. The second-order valence-electron chi connectivity index (χ2n) is 11.4. The molecule has 4 aromatic rings. The van der Waals surface area contributed by atoms with Gasteiger partial charge in [-0.3, -0.25) is 9.59 Å². The predicted molar refractivity (Wildman–Crippen MR) is 169 cm³/mol. The fourth-order valence-corrected chi connectivity index (χ4v) is 4.48. The third kappa shape index (κ3) is 8.64. The van der Waals surface area contributed by atoms with E-state index in [-0.39, 0.29) is 36.7 Å². The summed E-state index contributed by atoms with van der Waals surface area (Å²) in [7, 11) is 1.58. The topological polar surface area (TPSA) is 102 Å². The molecule has 1 N–H and O–H groups in total. The van der Waals surface area contributed by atoms with E-state index < -0.39 is 5.97 Å². The standard InChI is InChI=1S/C36H36N2O6/c1-36(2,3)29-13-9-28(10-14-29)35(42)44-32-19-7-26(8-20-32)24-38(21-22-39)34(41)27-11-15-30(16-12-27)37-33(40)23-25-5-17-31(43-4)18-6-25/h5-20,22H,21,23-24H2,1-4H3,(H,37,40). The Morgan fingerprint density at radius 1 is 0.750 bits per heavy atom. The average Bonchev–Trinajstić information content (AvgIpc) is 3.01. The number of hydrogen-bond acceptors (Lipinski definition) is 6. The number of anilines is 1. The van der Waals surface area contributed by atoms with Crippen LogP contribution in [0.25, 0.3) is 0 Å². The Labute approximate surface area is 257 Å². The normalized spacial score (nSPS) is 10.9. The molecule has 0 unspecified atom stereocenters. The first kappa shape index (κ1) is 31.7. The van der Waals surface area contributed by atoms with Gasteiger partial charge in [-0.2, -0.15) is 0 Å². The number of methoxy groups -OCH3 is 1. The van der Waals surface area contributed by atoms with E-state index in [0.29, 0.717) is 34.6 Å². The van der Waals surface area contributed by atoms with Crippen molar-refractivity contribution < 1.29 is 28.7 Å². The molecule has 0 aromatic heterocycles. The van der Waals surface area contributed by atoms with Crippen LogP contribution in [0.5, 0.6) is 11.5 Å². The molecule has 0 radical (unpaired) electrons. The van der Waals surface area contributed by atoms with Gasteiger partial charge in [0, 0.05) is 17.8 Å². The molecule has 226 valence electrons. The van der Waals surface area contributed by atoms with Gasteiger partial charge in [-0.05, 0) is 82.8 Å². The first-order valence-electron chi connectivity index (χ1n) is 14.2. The molecular formula is C36H36N2O6. The highest BCUT2D eigenvalue weighted by atomic mass is 16.5. The van der Waals surface area contributed by atoms with Crippen LogP contribution in [-0.4, -0.2) is 42.6 Å². The highest BCUT2D eigenvalue weighted by molar-refractivity contribution is 5.97. The maximum absolute atomic E-state index is 13.2. The highest BCUT2D eigenvalue weighted by Gasteiger charge is 2.18. The largest absolute Gasteiger partial charge is 0.497 e. The van der Waals surface area contributed by atoms with E-state index in [1.165, 1.54) is 4.90 Å². The van der Waals surface area contributed by atoms with Gasteiger partial charge in [0.2, 0.25) is 5.91 Å². The van der Waals surface area contributed by atoms with Crippen LogP contribution in [0.15, 0.2) is 97.1 Å². The van der Waals surface area contributed by atoms with E-state index >= 15 is 0 Å². The maximum atomic E-state index is 13.2. The van der Waals surface area contributed by atoms with Crippen LogP contribution >= 0.6 is 0 Å². The smallest absolute Gasteiger partial charge is 0.343 e. The number of esters is 1. The van der Waals surface area contributed by atoms with E-state index in [0.717, 1.165) is 16.7 Å².